The Morgan fingerprint density at radius 1 is 1.19 bits per heavy atom. The highest BCUT2D eigenvalue weighted by molar-refractivity contribution is 9.10. The zero-order valence-corrected chi connectivity index (χ0v) is 20.1. The molecule has 0 radical (unpaired) electrons. The van der Waals surface area contributed by atoms with Crippen molar-refractivity contribution in [3.05, 3.63) is 74.5 Å². The van der Waals surface area contributed by atoms with E-state index in [1.807, 2.05) is 12.2 Å². The second-order valence-electron chi connectivity index (χ2n) is 8.68. The number of hydrogen-bond acceptors (Lipinski definition) is 7. The lowest BCUT2D eigenvalue weighted by Crippen LogP contribution is -2.28. The molecule has 0 aromatic heterocycles. The number of carbonyl (C=O) groups is 3. The number of ether oxygens (including phenoxy) is 1. The van der Waals surface area contributed by atoms with Gasteiger partial charge in [0.25, 0.3) is 17.7 Å². The fraction of sp³-hybridized carbons (Fsp3) is 0.250. The van der Waals surface area contributed by atoms with Crippen LogP contribution in [0.15, 0.2) is 58.1 Å². The summed E-state index contributed by atoms with van der Waals surface area (Å²) in [6, 6.07) is 7.71. The highest BCUT2D eigenvalue weighted by Gasteiger charge is 2.59. The first-order valence-electron chi connectivity index (χ1n) is 11.0. The molecule has 2 bridgehead atoms. The van der Waals surface area contributed by atoms with Gasteiger partial charge in [0.1, 0.15) is 5.82 Å². The number of nitro groups is 1. The Bertz CT molecular complexity index is 1310. The fourth-order valence-corrected chi connectivity index (χ4v) is 5.53. The first-order valence-corrected chi connectivity index (χ1v) is 11.8. The SMILES string of the molecule is O=C(COc1c(Br)cc(C=NN2C(=O)[C@@H]3[C@H](C2=O)[C@H]2C=C[C@H]3C2)cc1[N+](=O)[O-])Nc1ccc(F)cc1. The highest BCUT2D eigenvalue weighted by Crippen LogP contribution is 2.52. The van der Waals surface area contributed by atoms with Crippen molar-refractivity contribution in [3.63, 3.8) is 0 Å². The van der Waals surface area contributed by atoms with Crippen LogP contribution in [0.5, 0.6) is 5.75 Å². The number of allylic oxidation sites excluding steroid dienone is 2. The number of nitro benzene ring substituents is 1. The number of benzene rings is 2. The van der Waals surface area contributed by atoms with E-state index in [0.29, 0.717) is 5.69 Å². The first kappa shape index (κ1) is 23.8. The monoisotopic (exact) mass is 556 g/mol. The third-order valence-corrected chi connectivity index (χ3v) is 7.08. The van der Waals surface area contributed by atoms with Gasteiger partial charge in [0, 0.05) is 17.3 Å². The molecule has 0 unspecified atom stereocenters. The molecule has 1 saturated heterocycles. The normalized spacial score (nSPS) is 24.0. The van der Waals surface area contributed by atoms with E-state index in [-0.39, 0.29) is 39.4 Å². The molecule has 4 atom stereocenters. The van der Waals surface area contributed by atoms with Crippen molar-refractivity contribution in [2.24, 2.45) is 28.8 Å². The fourth-order valence-electron chi connectivity index (χ4n) is 4.95. The Morgan fingerprint density at radius 2 is 1.83 bits per heavy atom. The third-order valence-electron chi connectivity index (χ3n) is 6.49. The van der Waals surface area contributed by atoms with E-state index in [1.165, 1.54) is 42.6 Å². The molecular weight excluding hydrogens is 539 g/mol. The molecule has 184 valence electrons. The number of carbonyl (C=O) groups excluding carboxylic acids is 3. The lowest BCUT2D eigenvalue weighted by molar-refractivity contribution is -0.385. The Labute approximate surface area is 212 Å². The van der Waals surface area contributed by atoms with E-state index in [4.69, 9.17) is 4.74 Å². The second-order valence-corrected chi connectivity index (χ2v) is 9.54. The lowest BCUT2D eigenvalue weighted by atomic mass is 9.85. The molecule has 3 aliphatic rings. The summed E-state index contributed by atoms with van der Waals surface area (Å²) in [5, 5.41) is 19.1. The van der Waals surface area contributed by atoms with E-state index in [9.17, 15) is 28.9 Å². The van der Waals surface area contributed by atoms with Crippen molar-refractivity contribution in [1.29, 1.82) is 0 Å². The predicted molar refractivity (Wildman–Crippen MR) is 128 cm³/mol. The van der Waals surface area contributed by atoms with Crippen LogP contribution in [0.1, 0.15) is 12.0 Å². The molecule has 3 amide bonds. The summed E-state index contributed by atoms with van der Waals surface area (Å²) in [5.41, 5.74) is 0.137. The van der Waals surface area contributed by atoms with Gasteiger partial charge in [-0.25, -0.2) is 4.39 Å². The largest absolute Gasteiger partial charge is 0.476 e. The van der Waals surface area contributed by atoms with Crippen LogP contribution in [0.3, 0.4) is 0 Å². The smallest absolute Gasteiger partial charge is 0.312 e. The quantitative estimate of drug-likeness (QED) is 0.182. The molecule has 1 saturated carbocycles. The Kier molecular flexibility index (Phi) is 6.12. The number of hydrazone groups is 1. The summed E-state index contributed by atoms with van der Waals surface area (Å²) in [5.74, 6) is -2.68. The molecule has 36 heavy (non-hydrogen) atoms. The Hall–Kier alpha value is -3.93. The van der Waals surface area contributed by atoms with Gasteiger partial charge in [0.2, 0.25) is 5.75 Å². The molecular formula is C24H18BrFN4O6. The molecule has 1 heterocycles. The number of rotatable bonds is 7. The predicted octanol–water partition coefficient (Wildman–Crippen LogP) is 3.65. The maximum atomic E-state index is 13.0. The summed E-state index contributed by atoms with van der Waals surface area (Å²) < 4.78 is 18.6. The topological polar surface area (TPSA) is 131 Å². The van der Waals surface area contributed by atoms with Crippen LogP contribution < -0.4 is 10.1 Å². The molecule has 0 spiro atoms. The molecule has 1 N–H and O–H groups in total. The van der Waals surface area contributed by atoms with Crippen molar-refractivity contribution < 1.29 is 28.4 Å². The summed E-state index contributed by atoms with van der Waals surface area (Å²) in [6.45, 7) is -0.541. The van der Waals surface area contributed by atoms with Gasteiger partial charge in [0.15, 0.2) is 6.61 Å². The van der Waals surface area contributed by atoms with Gasteiger partial charge < -0.3 is 10.1 Å². The number of imide groups is 1. The minimum atomic E-state index is -0.685. The molecule has 12 heteroatoms. The van der Waals surface area contributed by atoms with Gasteiger partial charge in [-0.3, -0.25) is 24.5 Å². The first-order chi connectivity index (χ1) is 17.2. The van der Waals surface area contributed by atoms with Crippen molar-refractivity contribution in [1.82, 2.24) is 5.01 Å². The second kappa shape index (κ2) is 9.26. The van der Waals surface area contributed by atoms with Gasteiger partial charge >= 0.3 is 5.69 Å². The molecule has 10 nitrogen and oxygen atoms in total. The number of anilines is 1. The Morgan fingerprint density at radius 3 is 2.44 bits per heavy atom. The standard InChI is InChI=1S/C24H18BrFN4O6/c25-17-7-12(10-27-29-23(32)20-13-1-2-14(9-13)21(20)24(29)33)8-18(30(34)35)22(17)36-11-19(31)28-16-5-3-15(26)4-6-16/h1-8,10,13-14,20-21H,9,11H2,(H,28,31)/t13-,14-,20-,21+/m0/s1. The van der Waals surface area contributed by atoms with Crippen LogP contribution in [-0.4, -0.2) is 40.5 Å². The van der Waals surface area contributed by atoms with E-state index < -0.39 is 40.8 Å². The maximum absolute atomic E-state index is 13.0. The molecule has 2 aromatic carbocycles. The lowest BCUT2D eigenvalue weighted by Gasteiger charge is -2.13. The summed E-state index contributed by atoms with van der Waals surface area (Å²) in [6.07, 6.45) is 5.95. The van der Waals surface area contributed by atoms with Crippen LogP contribution in [0.4, 0.5) is 15.8 Å². The van der Waals surface area contributed by atoms with Crippen LogP contribution in [0, 0.1) is 39.6 Å². The molecule has 2 aliphatic carbocycles. The minimum absolute atomic E-state index is 0.0450. The van der Waals surface area contributed by atoms with Gasteiger partial charge in [-0.1, -0.05) is 12.2 Å². The molecule has 2 aromatic rings. The number of hydrogen-bond donors (Lipinski definition) is 1. The van der Waals surface area contributed by atoms with Crippen LogP contribution in [-0.2, 0) is 14.4 Å². The number of nitrogens with zero attached hydrogens (tertiary/aromatic N) is 3. The molecule has 5 rings (SSSR count). The molecule has 1 aliphatic heterocycles. The number of fused-ring (bicyclic) bond motifs is 5. The van der Waals surface area contributed by atoms with Crippen LogP contribution >= 0.6 is 15.9 Å². The zero-order valence-electron chi connectivity index (χ0n) is 18.5. The Balaban J connectivity index is 1.29. The van der Waals surface area contributed by atoms with Gasteiger partial charge in [0.05, 0.1) is 27.4 Å². The maximum Gasteiger partial charge on any atom is 0.312 e. The van der Waals surface area contributed by atoms with Crippen molar-refractivity contribution in [3.8, 4) is 5.75 Å². The van der Waals surface area contributed by atoms with Crippen LogP contribution in [0.2, 0.25) is 0 Å². The van der Waals surface area contributed by atoms with Gasteiger partial charge in [-0.2, -0.15) is 10.1 Å². The summed E-state index contributed by atoms with van der Waals surface area (Å²) in [4.78, 5) is 48.7. The number of nitrogens with one attached hydrogen (secondary N) is 1. The third kappa shape index (κ3) is 4.28. The zero-order chi connectivity index (χ0) is 25.6. The van der Waals surface area contributed by atoms with Crippen molar-refractivity contribution >= 4 is 51.2 Å². The summed E-state index contributed by atoms with van der Waals surface area (Å²) >= 11 is 3.21. The van der Waals surface area contributed by atoms with Crippen molar-refractivity contribution in [2.75, 3.05) is 11.9 Å². The van der Waals surface area contributed by atoms with E-state index in [2.05, 4.69) is 26.3 Å². The average Bonchev–Trinajstić information content (AvgIpc) is 3.52. The average molecular weight is 557 g/mol. The number of amides is 3. The van der Waals surface area contributed by atoms with Gasteiger partial charge in [-0.15, -0.1) is 0 Å². The van der Waals surface area contributed by atoms with E-state index in [1.54, 1.807) is 0 Å². The minimum Gasteiger partial charge on any atom is -0.476 e. The highest BCUT2D eigenvalue weighted by atomic mass is 79.9. The van der Waals surface area contributed by atoms with E-state index in [0.717, 1.165) is 11.4 Å². The van der Waals surface area contributed by atoms with Gasteiger partial charge in [-0.05, 0) is 64.5 Å². The van der Waals surface area contributed by atoms with Crippen molar-refractivity contribution in [2.45, 2.75) is 6.42 Å². The number of halogens is 2. The van der Waals surface area contributed by atoms with E-state index >= 15 is 0 Å². The molecule has 2 fully saturated rings. The summed E-state index contributed by atoms with van der Waals surface area (Å²) in [7, 11) is 0. The van der Waals surface area contributed by atoms with Crippen LogP contribution in [0.25, 0.3) is 0 Å².